The average molecular weight is 280 g/mol. The van der Waals surface area contributed by atoms with Crippen molar-refractivity contribution in [1.29, 1.82) is 0 Å². The van der Waals surface area contributed by atoms with Gasteiger partial charge in [-0.3, -0.25) is 4.68 Å². The topological polar surface area (TPSA) is 67.2 Å². The third-order valence-electron chi connectivity index (χ3n) is 2.99. The van der Waals surface area contributed by atoms with E-state index in [0.29, 0.717) is 16.3 Å². The second-order valence-electron chi connectivity index (χ2n) is 4.23. The Hall–Kier alpha value is -2.01. The lowest BCUT2D eigenvalue weighted by Crippen LogP contribution is -2.21. The minimum absolute atomic E-state index is 0.606. The molecule has 2 aromatic rings. The van der Waals surface area contributed by atoms with Gasteiger partial charge in [0.1, 0.15) is 0 Å². The molecule has 19 heavy (non-hydrogen) atoms. The first-order chi connectivity index (χ1) is 8.99. The number of carboxylic acid groups (broad SMARTS) is 1. The summed E-state index contributed by atoms with van der Waals surface area (Å²) in [6.07, 6.45) is 1.57. The molecule has 0 aliphatic carbocycles. The molecule has 1 heterocycles. The smallest absolute Gasteiger partial charge is 0.330 e. The van der Waals surface area contributed by atoms with Crippen LogP contribution in [0.25, 0.3) is 0 Å². The normalized spacial score (nSPS) is 12.2. The molecule has 2 N–H and O–H groups in total. The number of halogens is 1. The number of carboxylic acids is 1. The lowest BCUT2D eigenvalue weighted by Gasteiger charge is -2.15. The van der Waals surface area contributed by atoms with Gasteiger partial charge in [-0.05, 0) is 31.2 Å². The van der Waals surface area contributed by atoms with Gasteiger partial charge in [-0.1, -0.05) is 11.6 Å². The van der Waals surface area contributed by atoms with Crippen molar-refractivity contribution < 1.29 is 9.90 Å². The van der Waals surface area contributed by atoms with Crippen LogP contribution in [0.3, 0.4) is 0 Å². The van der Waals surface area contributed by atoms with Crippen molar-refractivity contribution >= 4 is 23.3 Å². The molecule has 0 saturated carbocycles. The van der Waals surface area contributed by atoms with Crippen molar-refractivity contribution in [3.63, 3.8) is 0 Å². The number of carbonyl (C=O) groups is 1. The van der Waals surface area contributed by atoms with Crippen LogP contribution in [0, 0.1) is 6.92 Å². The average Bonchev–Trinajstić information content (AvgIpc) is 2.69. The number of benzene rings is 1. The SMILES string of the molecule is Cc1c(C(Nc2ccc(Cl)cc2)C(=O)O)cnn1C. The fourth-order valence-electron chi connectivity index (χ4n) is 1.78. The van der Waals surface area contributed by atoms with Crippen LogP contribution in [-0.2, 0) is 11.8 Å². The fourth-order valence-corrected chi connectivity index (χ4v) is 1.91. The second-order valence-corrected chi connectivity index (χ2v) is 4.67. The number of aromatic nitrogens is 2. The Morgan fingerprint density at radius 1 is 1.42 bits per heavy atom. The lowest BCUT2D eigenvalue weighted by molar-refractivity contribution is -0.138. The third-order valence-corrected chi connectivity index (χ3v) is 3.24. The van der Waals surface area contributed by atoms with E-state index >= 15 is 0 Å². The summed E-state index contributed by atoms with van der Waals surface area (Å²) >= 11 is 5.80. The van der Waals surface area contributed by atoms with E-state index in [9.17, 15) is 9.90 Å². The summed E-state index contributed by atoms with van der Waals surface area (Å²) in [4.78, 5) is 11.4. The molecule has 0 amide bonds. The van der Waals surface area contributed by atoms with Gasteiger partial charge >= 0.3 is 5.97 Å². The highest BCUT2D eigenvalue weighted by molar-refractivity contribution is 6.30. The minimum Gasteiger partial charge on any atom is -0.479 e. The van der Waals surface area contributed by atoms with E-state index in [1.54, 1.807) is 42.2 Å². The van der Waals surface area contributed by atoms with Crippen LogP contribution in [0.15, 0.2) is 30.5 Å². The molecule has 0 aliphatic heterocycles. The highest BCUT2D eigenvalue weighted by Crippen LogP contribution is 2.23. The zero-order valence-corrected chi connectivity index (χ0v) is 11.3. The summed E-state index contributed by atoms with van der Waals surface area (Å²) in [5.41, 5.74) is 2.15. The van der Waals surface area contributed by atoms with Crippen LogP contribution in [0.5, 0.6) is 0 Å². The summed E-state index contributed by atoms with van der Waals surface area (Å²) in [5.74, 6) is -0.953. The molecule has 1 aromatic heterocycles. The zero-order chi connectivity index (χ0) is 14.0. The molecule has 1 unspecified atom stereocenters. The maximum absolute atomic E-state index is 11.4. The van der Waals surface area contributed by atoms with Crippen LogP contribution >= 0.6 is 11.6 Å². The molecule has 0 bridgehead atoms. The van der Waals surface area contributed by atoms with Gasteiger partial charge in [-0.25, -0.2) is 4.79 Å². The summed E-state index contributed by atoms with van der Waals surface area (Å²) in [6, 6.07) is 6.06. The summed E-state index contributed by atoms with van der Waals surface area (Å²) in [5, 5.41) is 17.0. The fraction of sp³-hybridized carbons (Fsp3) is 0.231. The van der Waals surface area contributed by atoms with Crippen LogP contribution in [0.1, 0.15) is 17.3 Å². The van der Waals surface area contributed by atoms with Gasteiger partial charge in [0.2, 0.25) is 0 Å². The molecular formula is C13H14ClN3O2. The standard InChI is InChI=1S/C13H14ClN3O2/c1-8-11(7-15-17(8)2)12(13(18)19)16-10-5-3-9(14)4-6-10/h3-7,12,16H,1-2H3,(H,18,19). The Bertz CT molecular complexity index is 592. The number of aryl methyl sites for hydroxylation is 1. The van der Waals surface area contributed by atoms with Crippen molar-refractivity contribution in [1.82, 2.24) is 9.78 Å². The van der Waals surface area contributed by atoms with Crippen molar-refractivity contribution in [3.8, 4) is 0 Å². The molecule has 1 atom stereocenters. The van der Waals surface area contributed by atoms with Gasteiger partial charge < -0.3 is 10.4 Å². The van der Waals surface area contributed by atoms with E-state index in [-0.39, 0.29) is 0 Å². The summed E-state index contributed by atoms with van der Waals surface area (Å²) < 4.78 is 1.65. The van der Waals surface area contributed by atoms with Crippen molar-refractivity contribution in [2.45, 2.75) is 13.0 Å². The highest BCUT2D eigenvalue weighted by Gasteiger charge is 2.23. The first kappa shape index (κ1) is 13.4. The first-order valence-electron chi connectivity index (χ1n) is 5.72. The van der Waals surface area contributed by atoms with Crippen molar-refractivity contribution in [2.24, 2.45) is 7.05 Å². The summed E-state index contributed by atoms with van der Waals surface area (Å²) in [7, 11) is 1.78. The molecule has 0 saturated heterocycles. The Morgan fingerprint density at radius 2 is 2.05 bits per heavy atom. The monoisotopic (exact) mass is 279 g/mol. The molecular weight excluding hydrogens is 266 g/mol. The second kappa shape index (κ2) is 5.32. The summed E-state index contributed by atoms with van der Waals surface area (Å²) in [6.45, 7) is 1.84. The molecule has 0 spiro atoms. The van der Waals surface area contributed by atoms with Gasteiger partial charge in [-0.15, -0.1) is 0 Å². The molecule has 5 nitrogen and oxygen atoms in total. The number of nitrogens with zero attached hydrogens (tertiary/aromatic N) is 2. The van der Waals surface area contributed by atoms with Crippen LogP contribution in [0.2, 0.25) is 5.02 Å². The van der Waals surface area contributed by atoms with Crippen molar-refractivity contribution in [3.05, 3.63) is 46.7 Å². The molecule has 6 heteroatoms. The number of anilines is 1. The lowest BCUT2D eigenvalue weighted by atomic mass is 10.1. The quantitative estimate of drug-likeness (QED) is 0.903. The van der Waals surface area contributed by atoms with Gasteiger partial charge in [-0.2, -0.15) is 5.10 Å². The Kier molecular flexibility index (Phi) is 3.76. The van der Waals surface area contributed by atoms with E-state index in [4.69, 9.17) is 11.6 Å². The van der Waals surface area contributed by atoms with Gasteiger partial charge in [0.25, 0.3) is 0 Å². The third kappa shape index (κ3) is 2.88. The van der Waals surface area contributed by atoms with Gasteiger partial charge in [0.15, 0.2) is 6.04 Å². The predicted molar refractivity (Wildman–Crippen MR) is 73.4 cm³/mol. The van der Waals surface area contributed by atoms with Crippen LogP contribution in [-0.4, -0.2) is 20.9 Å². The molecule has 0 radical (unpaired) electrons. The van der Waals surface area contributed by atoms with Gasteiger partial charge in [0, 0.05) is 29.0 Å². The van der Waals surface area contributed by atoms with E-state index in [2.05, 4.69) is 10.4 Å². The number of nitrogens with one attached hydrogen (secondary N) is 1. The molecule has 0 fully saturated rings. The number of hydrogen-bond acceptors (Lipinski definition) is 3. The van der Waals surface area contributed by atoms with E-state index in [1.165, 1.54) is 0 Å². The number of hydrogen-bond donors (Lipinski definition) is 2. The first-order valence-corrected chi connectivity index (χ1v) is 6.10. The molecule has 0 aliphatic rings. The zero-order valence-electron chi connectivity index (χ0n) is 10.6. The number of rotatable bonds is 4. The maximum atomic E-state index is 11.4. The minimum atomic E-state index is -0.953. The van der Waals surface area contributed by atoms with E-state index in [1.807, 2.05) is 6.92 Å². The maximum Gasteiger partial charge on any atom is 0.330 e. The highest BCUT2D eigenvalue weighted by atomic mass is 35.5. The predicted octanol–water partition coefficient (Wildman–Crippen LogP) is 2.62. The van der Waals surface area contributed by atoms with Crippen LogP contribution < -0.4 is 5.32 Å². The Balaban J connectivity index is 2.29. The van der Waals surface area contributed by atoms with Crippen molar-refractivity contribution in [2.75, 3.05) is 5.32 Å². The Labute approximate surface area is 115 Å². The molecule has 2 rings (SSSR count). The van der Waals surface area contributed by atoms with E-state index < -0.39 is 12.0 Å². The Morgan fingerprint density at radius 3 is 2.53 bits per heavy atom. The number of aliphatic carboxylic acids is 1. The van der Waals surface area contributed by atoms with Gasteiger partial charge in [0.05, 0.1) is 6.20 Å². The molecule has 100 valence electrons. The molecule has 1 aromatic carbocycles. The van der Waals surface area contributed by atoms with Crippen LogP contribution in [0.4, 0.5) is 5.69 Å². The van der Waals surface area contributed by atoms with E-state index in [0.717, 1.165) is 5.69 Å². The largest absolute Gasteiger partial charge is 0.479 e.